The zero-order chi connectivity index (χ0) is 11.3. The maximum atomic E-state index is 11.5. The molecule has 82 valence electrons. The van der Waals surface area contributed by atoms with Crippen molar-refractivity contribution in [1.82, 2.24) is 9.97 Å². The van der Waals surface area contributed by atoms with Crippen LogP contribution in [-0.2, 0) is 20.4 Å². The first-order chi connectivity index (χ1) is 7.03. The van der Waals surface area contributed by atoms with Crippen molar-refractivity contribution in [3.05, 3.63) is 24.3 Å². The number of aromatic nitrogens is 2. The first kappa shape index (κ1) is 11.8. The highest BCUT2D eigenvalue weighted by Gasteiger charge is 2.16. The SMILES string of the molecule is C[C@H](C=O)CS(=O)(=O)Cc1ccncn1. The zero-order valence-electron chi connectivity index (χ0n) is 8.33. The van der Waals surface area contributed by atoms with Gasteiger partial charge < -0.3 is 4.79 Å². The van der Waals surface area contributed by atoms with E-state index in [1.165, 1.54) is 12.5 Å². The lowest BCUT2D eigenvalue weighted by atomic mass is 10.3. The molecule has 0 spiro atoms. The number of sulfone groups is 1. The normalized spacial score (nSPS) is 13.4. The predicted octanol–water partition coefficient (Wildman–Crippen LogP) is 0.226. The highest BCUT2D eigenvalue weighted by molar-refractivity contribution is 7.90. The van der Waals surface area contributed by atoms with Crippen LogP contribution in [0.1, 0.15) is 12.6 Å². The summed E-state index contributed by atoms with van der Waals surface area (Å²) in [5.41, 5.74) is 0.447. The van der Waals surface area contributed by atoms with Crippen LogP contribution in [-0.4, -0.2) is 30.4 Å². The van der Waals surface area contributed by atoms with Crippen molar-refractivity contribution >= 4 is 16.1 Å². The third-order valence-electron chi connectivity index (χ3n) is 1.76. The summed E-state index contributed by atoms with van der Waals surface area (Å²) in [4.78, 5) is 17.9. The van der Waals surface area contributed by atoms with Gasteiger partial charge in [0.15, 0.2) is 9.84 Å². The molecule has 1 aromatic heterocycles. The van der Waals surface area contributed by atoms with E-state index < -0.39 is 15.8 Å². The van der Waals surface area contributed by atoms with Crippen LogP contribution in [0.25, 0.3) is 0 Å². The van der Waals surface area contributed by atoms with E-state index in [1.807, 2.05) is 0 Å². The summed E-state index contributed by atoms with van der Waals surface area (Å²) < 4.78 is 23.1. The van der Waals surface area contributed by atoms with Crippen LogP contribution in [0, 0.1) is 5.92 Å². The van der Waals surface area contributed by atoms with Crippen LogP contribution in [0.2, 0.25) is 0 Å². The van der Waals surface area contributed by atoms with Crippen molar-refractivity contribution in [3.63, 3.8) is 0 Å². The summed E-state index contributed by atoms with van der Waals surface area (Å²) in [6, 6.07) is 1.54. The van der Waals surface area contributed by atoms with Gasteiger partial charge in [-0.25, -0.2) is 18.4 Å². The molecule has 1 heterocycles. The minimum atomic E-state index is -3.27. The van der Waals surface area contributed by atoms with Crippen molar-refractivity contribution in [2.24, 2.45) is 5.92 Å². The molecule has 0 aliphatic heterocycles. The Morgan fingerprint density at radius 2 is 2.27 bits per heavy atom. The van der Waals surface area contributed by atoms with E-state index in [1.54, 1.807) is 13.0 Å². The second kappa shape index (κ2) is 4.97. The average Bonchev–Trinajstić information content (AvgIpc) is 2.17. The van der Waals surface area contributed by atoms with Crippen LogP contribution in [0.15, 0.2) is 18.6 Å². The standard InChI is InChI=1S/C9H12N2O3S/c1-8(4-12)5-15(13,14)6-9-2-3-10-7-11-9/h2-4,7-8H,5-6H2,1H3/t8-/m1/s1. The van der Waals surface area contributed by atoms with Gasteiger partial charge in [-0.15, -0.1) is 0 Å². The highest BCUT2D eigenvalue weighted by atomic mass is 32.2. The smallest absolute Gasteiger partial charge is 0.156 e. The molecule has 0 aromatic carbocycles. The van der Waals surface area contributed by atoms with Gasteiger partial charge in [-0.3, -0.25) is 0 Å². The summed E-state index contributed by atoms with van der Waals surface area (Å²) >= 11 is 0. The molecule has 0 aliphatic carbocycles. The van der Waals surface area contributed by atoms with Crippen molar-refractivity contribution in [2.75, 3.05) is 5.75 Å². The van der Waals surface area contributed by atoms with Crippen LogP contribution in [0.5, 0.6) is 0 Å². The Morgan fingerprint density at radius 1 is 1.53 bits per heavy atom. The van der Waals surface area contributed by atoms with Gasteiger partial charge in [0.05, 0.1) is 17.2 Å². The van der Waals surface area contributed by atoms with E-state index in [9.17, 15) is 13.2 Å². The number of hydrogen-bond acceptors (Lipinski definition) is 5. The Morgan fingerprint density at radius 3 is 2.80 bits per heavy atom. The molecule has 0 bridgehead atoms. The Kier molecular flexibility index (Phi) is 3.90. The van der Waals surface area contributed by atoms with Gasteiger partial charge in [0.1, 0.15) is 12.6 Å². The Balaban J connectivity index is 2.69. The Labute approximate surface area is 88.5 Å². The quantitative estimate of drug-likeness (QED) is 0.674. The topological polar surface area (TPSA) is 77.0 Å². The van der Waals surface area contributed by atoms with Gasteiger partial charge >= 0.3 is 0 Å². The lowest BCUT2D eigenvalue weighted by Crippen LogP contribution is -2.17. The van der Waals surface area contributed by atoms with E-state index in [4.69, 9.17) is 0 Å². The van der Waals surface area contributed by atoms with Gasteiger partial charge in [0.2, 0.25) is 0 Å². The third kappa shape index (κ3) is 4.16. The van der Waals surface area contributed by atoms with E-state index in [-0.39, 0.29) is 11.5 Å². The summed E-state index contributed by atoms with van der Waals surface area (Å²) in [7, 11) is -3.27. The van der Waals surface area contributed by atoms with Gasteiger partial charge in [0.25, 0.3) is 0 Å². The summed E-state index contributed by atoms with van der Waals surface area (Å²) in [6.45, 7) is 1.57. The first-order valence-electron chi connectivity index (χ1n) is 4.44. The van der Waals surface area contributed by atoms with Gasteiger partial charge in [-0.05, 0) is 6.07 Å². The van der Waals surface area contributed by atoms with Crippen molar-refractivity contribution < 1.29 is 13.2 Å². The van der Waals surface area contributed by atoms with Gasteiger partial charge in [-0.1, -0.05) is 6.92 Å². The van der Waals surface area contributed by atoms with Gasteiger partial charge in [0, 0.05) is 12.1 Å². The van der Waals surface area contributed by atoms with Crippen LogP contribution in [0.3, 0.4) is 0 Å². The van der Waals surface area contributed by atoms with Crippen LogP contribution < -0.4 is 0 Å². The van der Waals surface area contributed by atoms with Crippen molar-refractivity contribution in [3.8, 4) is 0 Å². The fraction of sp³-hybridized carbons (Fsp3) is 0.444. The number of rotatable bonds is 5. The number of nitrogens with zero attached hydrogens (tertiary/aromatic N) is 2. The molecule has 0 saturated heterocycles. The Bertz CT molecular complexity index is 416. The molecule has 1 rings (SSSR count). The maximum Gasteiger partial charge on any atom is 0.156 e. The molecule has 15 heavy (non-hydrogen) atoms. The molecule has 5 nitrogen and oxygen atoms in total. The fourth-order valence-corrected chi connectivity index (χ4v) is 2.75. The van der Waals surface area contributed by atoms with Crippen LogP contribution in [0.4, 0.5) is 0 Å². The zero-order valence-corrected chi connectivity index (χ0v) is 9.14. The molecule has 0 unspecified atom stereocenters. The average molecular weight is 228 g/mol. The molecule has 0 saturated carbocycles. The fourth-order valence-electron chi connectivity index (χ4n) is 1.13. The minimum absolute atomic E-state index is 0.138. The lowest BCUT2D eigenvalue weighted by Gasteiger charge is -2.04. The second-order valence-corrected chi connectivity index (χ2v) is 5.48. The molecule has 0 N–H and O–H groups in total. The van der Waals surface area contributed by atoms with E-state index in [0.717, 1.165) is 0 Å². The first-order valence-corrected chi connectivity index (χ1v) is 6.26. The van der Waals surface area contributed by atoms with E-state index in [2.05, 4.69) is 9.97 Å². The summed E-state index contributed by atoms with van der Waals surface area (Å²) in [5, 5.41) is 0. The molecule has 0 radical (unpaired) electrons. The molecule has 0 fully saturated rings. The van der Waals surface area contributed by atoms with Crippen molar-refractivity contribution in [1.29, 1.82) is 0 Å². The van der Waals surface area contributed by atoms with E-state index >= 15 is 0 Å². The van der Waals surface area contributed by atoms with E-state index in [0.29, 0.717) is 12.0 Å². The van der Waals surface area contributed by atoms with Gasteiger partial charge in [-0.2, -0.15) is 0 Å². The molecular weight excluding hydrogens is 216 g/mol. The highest BCUT2D eigenvalue weighted by Crippen LogP contribution is 2.06. The van der Waals surface area contributed by atoms with Crippen LogP contribution >= 0.6 is 0 Å². The Hall–Kier alpha value is -1.30. The number of hydrogen-bond donors (Lipinski definition) is 0. The number of aldehydes is 1. The summed E-state index contributed by atoms with van der Waals surface area (Å²) in [5.74, 6) is -0.759. The third-order valence-corrected chi connectivity index (χ3v) is 3.53. The molecule has 1 atom stereocenters. The molecular formula is C9H12N2O3S. The number of carbonyl (C=O) groups excluding carboxylic acids is 1. The number of carbonyl (C=O) groups is 1. The summed E-state index contributed by atoms with van der Waals surface area (Å²) in [6.07, 6.45) is 3.42. The minimum Gasteiger partial charge on any atom is -0.303 e. The molecule has 0 amide bonds. The maximum absolute atomic E-state index is 11.5. The monoisotopic (exact) mass is 228 g/mol. The lowest BCUT2D eigenvalue weighted by molar-refractivity contribution is -0.110. The molecule has 0 aliphatic rings. The molecule has 1 aromatic rings. The largest absolute Gasteiger partial charge is 0.303 e. The molecule has 6 heteroatoms. The van der Waals surface area contributed by atoms with Crippen molar-refractivity contribution in [2.45, 2.75) is 12.7 Å². The second-order valence-electron chi connectivity index (χ2n) is 3.37. The predicted molar refractivity (Wildman–Crippen MR) is 54.8 cm³/mol.